The summed E-state index contributed by atoms with van der Waals surface area (Å²) in [6, 6.07) is 2.74. The quantitative estimate of drug-likeness (QED) is 0.893. The fourth-order valence-corrected chi connectivity index (χ4v) is 2.71. The van der Waals surface area contributed by atoms with E-state index in [0.29, 0.717) is 6.04 Å². The van der Waals surface area contributed by atoms with Crippen LogP contribution in [0.5, 0.6) is 0 Å². The molecule has 5 nitrogen and oxygen atoms in total. The summed E-state index contributed by atoms with van der Waals surface area (Å²) in [6.45, 7) is 1.58. The number of hydrogen-bond donors (Lipinski definition) is 1. The molecule has 5 heteroatoms. The van der Waals surface area contributed by atoms with E-state index in [1.165, 1.54) is 25.7 Å². The Bertz CT molecular complexity index is 521. The monoisotopic (exact) mass is 259 g/mol. The Morgan fingerprint density at radius 1 is 1.26 bits per heavy atom. The van der Waals surface area contributed by atoms with Crippen LogP contribution >= 0.6 is 0 Å². The Kier molecular flexibility index (Phi) is 3.64. The third-order valence-electron chi connectivity index (χ3n) is 3.87. The van der Waals surface area contributed by atoms with Crippen molar-refractivity contribution in [3.05, 3.63) is 36.2 Å². The van der Waals surface area contributed by atoms with E-state index >= 15 is 0 Å². The topological polar surface area (TPSA) is 47.7 Å². The van der Waals surface area contributed by atoms with Crippen LogP contribution in [0.25, 0.3) is 0 Å². The Labute approximate surface area is 113 Å². The minimum absolute atomic E-state index is 0.628. The molecule has 2 aromatic rings. The molecular weight excluding hydrogens is 238 g/mol. The predicted molar refractivity (Wildman–Crippen MR) is 73.5 cm³/mol. The van der Waals surface area contributed by atoms with Crippen LogP contribution in [-0.4, -0.2) is 19.3 Å². The van der Waals surface area contributed by atoms with Gasteiger partial charge in [-0.05, 0) is 18.9 Å². The zero-order valence-corrected chi connectivity index (χ0v) is 11.4. The van der Waals surface area contributed by atoms with Crippen LogP contribution < -0.4 is 5.32 Å². The molecule has 0 unspecified atom stereocenters. The number of rotatable bonds is 5. The summed E-state index contributed by atoms with van der Waals surface area (Å²) >= 11 is 0. The van der Waals surface area contributed by atoms with Gasteiger partial charge in [-0.3, -0.25) is 4.68 Å². The molecule has 1 fully saturated rings. The molecule has 1 aliphatic carbocycles. The lowest BCUT2D eigenvalue weighted by Crippen LogP contribution is -2.16. The van der Waals surface area contributed by atoms with E-state index in [2.05, 4.69) is 32.3 Å². The van der Waals surface area contributed by atoms with Crippen LogP contribution in [0.4, 0.5) is 0 Å². The molecule has 0 bridgehead atoms. The van der Waals surface area contributed by atoms with Crippen molar-refractivity contribution >= 4 is 0 Å². The molecule has 0 aromatic carbocycles. The van der Waals surface area contributed by atoms with Gasteiger partial charge >= 0.3 is 0 Å². The maximum atomic E-state index is 4.66. The van der Waals surface area contributed by atoms with Gasteiger partial charge in [0.05, 0.1) is 18.3 Å². The third kappa shape index (κ3) is 2.87. The van der Waals surface area contributed by atoms with Gasteiger partial charge in [0, 0.05) is 32.2 Å². The summed E-state index contributed by atoms with van der Waals surface area (Å²) in [5.74, 6) is 1.05. The van der Waals surface area contributed by atoms with E-state index < -0.39 is 0 Å². The van der Waals surface area contributed by atoms with E-state index in [1.54, 1.807) is 0 Å². The third-order valence-corrected chi connectivity index (χ3v) is 3.87. The summed E-state index contributed by atoms with van der Waals surface area (Å²) in [6.07, 6.45) is 11.2. The number of nitrogens with one attached hydrogen (secondary N) is 1. The summed E-state index contributed by atoms with van der Waals surface area (Å²) in [4.78, 5) is 4.29. The van der Waals surface area contributed by atoms with Gasteiger partial charge < -0.3 is 9.88 Å². The van der Waals surface area contributed by atoms with Crippen LogP contribution in [0.2, 0.25) is 0 Å². The standard InChI is InChI=1S/C14H21N5/c1-18-9-7-16-14(18)11-15-10-12-6-8-19(17-12)13-4-2-3-5-13/h6-9,13,15H,2-5,10-11H2,1H3. The highest BCUT2D eigenvalue weighted by Gasteiger charge is 2.17. The SMILES string of the molecule is Cn1ccnc1CNCc1ccn(C2CCCC2)n1. The van der Waals surface area contributed by atoms with Crippen molar-refractivity contribution in [2.45, 2.75) is 44.8 Å². The van der Waals surface area contributed by atoms with Crippen LogP contribution in [0.15, 0.2) is 24.7 Å². The minimum Gasteiger partial charge on any atom is -0.337 e. The van der Waals surface area contributed by atoms with Crippen molar-refractivity contribution < 1.29 is 0 Å². The van der Waals surface area contributed by atoms with Crippen molar-refractivity contribution in [2.75, 3.05) is 0 Å². The molecule has 19 heavy (non-hydrogen) atoms. The second-order valence-electron chi connectivity index (χ2n) is 5.28. The van der Waals surface area contributed by atoms with Gasteiger partial charge in [-0.15, -0.1) is 0 Å². The number of aromatic nitrogens is 4. The average Bonchev–Trinajstić information content (AvgIpc) is 3.11. The zero-order valence-electron chi connectivity index (χ0n) is 11.4. The van der Waals surface area contributed by atoms with Gasteiger partial charge in [0.1, 0.15) is 5.82 Å². The van der Waals surface area contributed by atoms with Crippen molar-refractivity contribution in [1.82, 2.24) is 24.6 Å². The van der Waals surface area contributed by atoms with E-state index in [4.69, 9.17) is 0 Å². The van der Waals surface area contributed by atoms with E-state index in [1.807, 2.05) is 24.0 Å². The molecule has 0 radical (unpaired) electrons. The first kappa shape index (κ1) is 12.4. The molecule has 102 valence electrons. The summed E-state index contributed by atoms with van der Waals surface area (Å²) < 4.78 is 4.18. The Hall–Kier alpha value is -1.62. The predicted octanol–water partition coefficient (Wildman–Crippen LogP) is 2.02. The molecule has 1 aliphatic rings. The second kappa shape index (κ2) is 5.57. The number of aryl methyl sites for hydroxylation is 1. The van der Waals surface area contributed by atoms with Crippen LogP contribution in [0.1, 0.15) is 43.2 Å². The maximum absolute atomic E-state index is 4.66. The van der Waals surface area contributed by atoms with E-state index in [0.717, 1.165) is 24.6 Å². The number of imidazole rings is 1. The zero-order chi connectivity index (χ0) is 13.1. The van der Waals surface area contributed by atoms with Gasteiger partial charge in [0.2, 0.25) is 0 Å². The van der Waals surface area contributed by atoms with Gasteiger partial charge in [-0.1, -0.05) is 12.8 Å². The Morgan fingerprint density at radius 2 is 2.11 bits per heavy atom. The molecule has 3 rings (SSSR count). The molecule has 0 aliphatic heterocycles. The normalized spacial score (nSPS) is 16.3. The number of nitrogens with zero attached hydrogens (tertiary/aromatic N) is 4. The highest BCUT2D eigenvalue weighted by atomic mass is 15.3. The molecule has 2 heterocycles. The van der Waals surface area contributed by atoms with Gasteiger partial charge in [0.25, 0.3) is 0 Å². The molecule has 1 N–H and O–H groups in total. The molecule has 0 atom stereocenters. The number of hydrogen-bond acceptors (Lipinski definition) is 3. The van der Waals surface area contributed by atoms with E-state index in [9.17, 15) is 0 Å². The first-order chi connectivity index (χ1) is 9.33. The van der Waals surface area contributed by atoms with Crippen molar-refractivity contribution in [3.8, 4) is 0 Å². The molecule has 0 amide bonds. The first-order valence-corrected chi connectivity index (χ1v) is 7.04. The van der Waals surface area contributed by atoms with Gasteiger partial charge in [-0.2, -0.15) is 5.10 Å². The smallest absolute Gasteiger partial charge is 0.122 e. The summed E-state index contributed by atoms with van der Waals surface area (Å²) in [5, 5.41) is 8.05. The molecule has 0 spiro atoms. The fourth-order valence-electron chi connectivity index (χ4n) is 2.71. The second-order valence-corrected chi connectivity index (χ2v) is 5.28. The molecular formula is C14H21N5. The van der Waals surface area contributed by atoms with Crippen LogP contribution in [0, 0.1) is 0 Å². The summed E-state index contributed by atoms with van der Waals surface area (Å²) in [5.41, 5.74) is 1.11. The van der Waals surface area contributed by atoms with Crippen LogP contribution in [-0.2, 0) is 20.1 Å². The van der Waals surface area contributed by atoms with Gasteiger partial charge in [0.15, 0.2) is 0 Å². The minimum atomic E-state index is 0.628. The maximum Gasteiger partial charge on any atom is 0.122 e. The average molecular weight is 259 g/mol. The van der Waals surface area contributed by atoms with Gasteiger partial charge in [-0.25, -0.2) is 4.98 Å². The highest BCUT2D eigenvalue weighted by Crippen LogP contribution is 2.28. The first-order valence-electron chi connectivity index (χ1n) is 7.04. The lowest BCUT2D eigenvalue weighted by atomic mass is 10.3. The highest BCUT2D eigenvalue weighted by molar-refractivity contribution is 5.00. The Balaban J connectivity index is 1.51. The lowest BCUT2D eigenvalue weighted by Gasteiger charge is -2.09. The molecule has 2 aromatic heterocycles. The van der Waals surface area contributed by atoms with Crippen LogP contribution in [0.3, 0.4) is 0 Å². The largest absolute Gasteiger partial charge is 0.337 e. The molecule has 1 saturated carbocycles. The van der Waals surface area contributed by atoms with Crippen molar-refractivity contribution in [1.29, 1.82) is 0 Å². The molecule has 0 saturated heterocycles. The fraction of sp³-hybridized carbons (Fsp3) is 0.571. The Morgan fingerprint density at radius 3 is 2.84 bits per heavy atom. The van der Waals surface area contributed by atoms with Crippen molar-refractivity contribution in [3.63, 3.8) is 0 Å². The van der Waals surface area contributed by atoms with E-state index in [-0.39, 0.29) is 0 Å². The summed E-state index contributed by atoms with van der Waals surface area (Å²) in [7, 11) is 2.01. The van der Waals surface area contributed by atoms with Crippen molar-refractivity contribution in [2.24, 2.45) is 7.05 Å². The lowest BCUT2D eigenvalue weighted by molar-refractivity contribution is 0.460.